The fourth-order valence-corrected chi connectivity index (χ4v) is 3.82. The molecule has 0 bridgehead atoms. The normalized spacial score (nSPS) is 21.7. The monoisotopic (exact) mass is 301 g/mol. The Bertz CT molecular complexity index is 467. The van der Waals surface area contributed by atoms with Crippen molar-refractivity contribution < 1.29 is 8.60 Å². The van der Waals surface area contributed by atoms with Gasteiger partial charge in [-0.15, -0.1) is 11.8 Å². The molecule has 0 spiro atoms. The summed E-state index contributed by atoms with van der Waals surface area (Å²) in [6.45, 7) is 2.83. The third kappa shape index (κ3) is 3.80. The van der Waals surface area contributed by atoms with E-state index in [9.17, 15) is 8.60 Å². The van der Waals surface area contributed by atoms with Crippen molar-refractivity contribution in [3.8, 4) is 0 Å². The van der Waals surface area contributed by atoms with E-state index in [4.69, 9.17) is 0 Å². The van der Waals surface area contributed by atoms with E-state index in [0.717, 1.165) is 35.6 Å². The van der Waals surface area contributed by atoms with Crippen LogP contribution in [0.2, 0.25) is 0 Å². The SMILES string of the molecule is CC(CCNC1CCSc2c(F)cccc21)S(C)=O. The van der Waals surface area contributed by atoms with E-state index in [2.05, 4.69) is 5.32 Å². The standard InChI is InChI=1S/C14H20FNOS2/c1-10(19(2)17)6-8-16-13-7-9-18-14-11(13)4-3-5-12(14)15/h3-5,10,13,16H,6-9H2,1-2H3. The summed E-state index contributed by atoms with van der Waals surface area (Å²) in [5.41, 5.74) is 1.07. The lowest BCUT2D eigenvalue weighted by Gasteiger charge is -2.26. The zero-order chi connectivity index (χ0) is 13.8. The van der Waals surface area contributed by atoms with E-state index in [-0.39, 0.29) is 17.1 Å². The third-order valence-corrected chi connectivity index (χ3v) is 6.06. The topological polar surface area (TPSA) is 29.1 Å². The molecule has 0 fully saturated rings. The molecule has 0 radical (unpaired) electrons. The summed E-state index contributed by atoms with van der Waals surface area (Å²) in [7, 11) is -0.770. The third-order valence-electron chi connectivity index (χ3n) is 3.53. The highest BCUT2D eigenvalue weighted by Crippen LogP contribution is 2.37. The Morgan fingerprint density at radius 2 is 2.37 bits per heavy atom. The van der Waals surface area contributed by atoms with Crippen molar-refractivity contribution in [2.45, 2.75) is 36.0 Å². The van der Waals surface area contributed by atoms with Gasteiger partial charge >= 0.3 is 0 Å². The first-order valence-corrected chi connectivity index (χ1v) is 9.17. The van der Waals surface area contributed by atoms with Gasteiger partial charge in [0.2, 0.25) is 0 Å². The van der Waals surface area contributed by atoms with Crippen LogP contribution in [0.3, 0.4) is 0 Å². The molecule has 1 aromatic carbocycles. The molecule has 0 aromatic heterocycles. The van der Waals surface area contributed by atoms with Crippen LogP contribution in [0.5, 0.6) is 0 Å². The highest BCUT2D eigenvalue weighted by atomic mass is 32.2. The first-order chi connectivity index (χ1) is 9.09. The average Bonchev–Trinajstić information content (AvgIpc) is 2.39. The lowest BCUT2D eigenvalue weighted by Crippen LogP contribution is -2.28. The molecule has 19 heavy (non-hydrogen) atoms. The van der Waals surface area contributed by atoms with Gasteiger partial charge in [0.1, 0.15) is 5.82 Å². The van der Waals surface area contributed by atoms with Crippen molar-refractivity contribution in [1.29, 1.82) is 0 Å². The van der Waals surface area contributed by atoms with Gasteiger partial charge in [-0.05, 0) is 36.8 Å². The second kappa shape index (κ2) is 6.86. The number of rotatable bonds is 5. The summed E-state index contributed by atoms with van der Waals surface area (Å²) in [5.74, 6) is 0.831. The molecule has 1 aromatic rings. The lowest BCUT2D eigenvalue weighted by molar-refractivity contribution is 0.489. The Morgan fingerprint density at radius 1 is 1.58 bits per heavy atom. The quantitative estimate of drug-likeness (QED) is 0.906. The second-order valence-corrected chi connectivity index (χ2v) is 7.81. The van der Waals surface area contributed by atoms with E-state index < -0.39 is 10.8 Å². The molecule has 0 amide bonds. The molecule has 2 rings (SSSR count). The van der Waals surface area contributed by atoms with E-state index in [0.29, 0.717) is 0 Å². The van der Waals surface area contributed by atoms with E-state index in [1.807, 2.05) is 13.0 Å². The molecule has 106 valence electrons. The number of hydrogen-bond acceptors (Lipinski definition) is 3. The van der Waals surface area contributed by atoms with Crippen LogP contribution in [0.15, 0.2) is 23.1 Å². The molecule has 0 aliphatic carbocycles. The molecule has 1 heterocycles. The zero-order valence-corrected chi connectivity index (χ0v) is 13.0. The minimum absolute atomic E-state index is 0.114. The van der Waals surface area contributed by atoms with Crippen molar-refractivity contribution in [3.63, 3.8) is 0 Å². The summed E-state index contributed by atoms with van der Waals surface area (Å²) >= 11 is 1.60. The minimum atomic E-state index is -0.770. The van der Waals surface area contributed by atoms with E-state index in [1.54, 1.807) is 24.1 Å². The first kappa shape index (κ1) is 15.0. The molecule has 2 nitrogen and oxygen atoms in total. The molecule has 3 unspecified atom stereocenters. The van der Waals surface area contributed by atoms with Gasteiger partial charge in [0.05, 0.1) is 0 Å². The van der Waals surface area contributed by atoms with Crippen molar-refractivity contribution in [1.82, 2.24) is 5.32 Å². The second-order valence-electron chi connectivity index (χ2n) is 4.90. The first-order valence-electron chi connectivity index (χ1n) is 6.56. The molecule has 1 aliphatic rings. The summed E-state index contributed by atoms with van der Waals surface area (Å²) in [6.07, 6.45) is 3.65. The Labute approximate surface area is 121 Å². The van der Waals surface area contributed by atoms with Crippen LogP contribution in [-0.2, 0) is 10.8 Å². The van der Waals surface area contributed by atoms with E-state index in [1.165, 1.54) is 6.07 Å². The summed E-state index contributed by atoms with van der Waals surface area (Å²) in [6, 6.07) is 5.53. The lowest BCUT2D eigenvalue weighted by atomic mass is 10.0. The van der Waals surface area contributed by atoms with Crippen molar-refractivity contribution >= 4 is 22.6 Å². The smallest absolute Gasteiger partial charge is 0.137 e. The Morgan fingerprint density at radius 3 is 3.11 bits per heavy atom. The van der Waals surface area contributed by atoms with Gasteiger partial charge in [0.25, 0.3) is 0 Å². The van der Waals surface area contributed by atoms with Crippen LogP contribution >= 0.6 is 11.8 Å². The predicted octanol–water partition coefficient (Wildman–Crippen LogP) is 3.11. The van der Waals surface area contributed by atoms with Gasteiger partial charge in [0.15, 0.2) is 0 Å². The summed E-state index contributed by atoms with van der Waals surface area (Å²) in [5, 5.41) is 3.68. The highest BCUT2D eigenvalue weighted by Gasteiger charge is 2.22. The van der Waals surface area contributed by atoms with Crippen LogP contribution in [0.4, 0.5) is 4.39 Å². The molecule has 3 atom stereocenters. The van der Waals surface area contributed by atoms with Crippen molar-refractivity contribution in [3.05, 3.63) is 29.6 Å². The molecule has 0 saturated carbocycles. The fourth-order valence-electron chi connectivity index (χ4n) is 2.23. The molecule has 5 heteroatoms. The van der Waals surface area contributed by atoms with Crippen molar-refractivity contribution in [2.24, 2.45) is 0 Å². The van der Waals surface area contributed by atoms with E-state index >= 15 is 0 Å². The average molecular weight is 301 g/mol. The molecule has 1 aliphatic heterocycles. The van der Waals surface area contributed by atoms with Gasteiger partial charge in [-0.2, -0.15) is 0 Å². The maximum absolute atomic E-state index is 13.7. The molecular weight excluding hydrogens is 281 g/mol. The number of fused-ring (bicyclic) bond motifs is 1. The summed E-state index contributed by atoms with van der Waals surface area (Å²) in [4.78, 5) is 0.790. The van der Waals surface area contributed by atoms with Crippen LogP contribution in [0.25, 0.3) is 0 Å². The van der Waals surface area contributed by atoms with Crippen LogP contribution in [0.1, 0.15) is 31.4 Å². The maximum Gasteiger partial charge on any atom is 0.137 e. The van der Waals surface area contributed by atoms with Gasteiger partial charge < -0.3 is 5.32 Å². The number of halogens is 1. The minimum Gasteiger partial charge on any atom is -0.310 e. The van der Waals surface area contributed by atoms with Crippen LogP contribution < -0.4 is 5.32 Å². The Hall–Kier alpha value is -0.390. The van der Waals surface area contributed by atoms with Gasteiger partial charge in [0, 0.05) is 33.2 Å². The van der Waals surface area contributed by atoms with Crippen LogP contribution in [-0.4, -0.2) is 28.0 Å². The number of thioether (sulfide) groups is 1. The number of benzene rings is 1. The van der Waals surface area contributed by atoms with Gasteiger partial charge in [-0.1, -0.05) is 19.1 Å². The van der Waals surface area contributed by atoms with Gasteiger partial charge in [-0.25, -0.2) is 4.39 Å². The maximum atomic E-state index is 13.7. The van der Waals surface area contributed by atoms with Crippen molar-refractivity contribution in [2.75, 3.05) is 18.6 Å². The number of nitrogens with one attached hydrogen (secondary N) is 1. The Kier molecular flexibility index (Phi) is 5.42. The Balaban J connectivity index is 1.97. The number of hydrogen-bond donors (Lipinski definition) is 1. The largest absolute Gasteiger partial charge is 0.310 e. The fraction of sp³-hybridized carbons (Fsp3) is 0.571. The predicted molar refractivity (Wildman–Crippen MR) is 80.6 cm³/mol. The summed E-state index contributed by atoms with van der Waals surface area (Å²) < 4.78 is 25.0. The highest BCUT2D eigenvalue weighted by molar-refractivity contribution is 7.99. The van der Waals surface area contributed by atoms with Gasteiger partial charge in [-0.3, -0.25) is 4.21 Å². The van der Waals surface area contributed by atoms with Crippen LogP contribution in [0, 0.1) is 5.82 Å². The molecular formula is C14H20FNOS2. The molecule has 1 N–H and O–H groups in total. The molecule has 0 saturated heterocycles. The zero-order valence-electron chi connectivity index (χ0n) is 11.3.